The van der Waals surface area contributed by atoms with Crippen LogP contribution in [-0.4, -0.2) is 23.8 Å². The lowest BCUT2D eigenvalue weighted by atomic mass is 9.88. The molecule has 0 bridgehead atoms. The summed E-state index contributed by atoms with van der Waals surface area (Å²) < 4.78 is 10.8. The largest absolute Gasteiger partial charge is 0.464 e. The highest BCUT2D eigenvalue weighted by molar-refractivity contribution is 5.84. The maximum Gasteiger partial charge on any atom is 0.341 e. The molecular formula is C12H22O3. The van der Waals surface area contributed by atoms with Crippen LogP contribution >= 0.6 is 0 Å². The molecule has 0 radical (unpaired) electrons. The molecule has 3 heteroatoms. The smallest absolute Gasteiger partial charge is 0.341 e. The molecule has 1 aliphatic rings. The molecule has 0 aromatic carbocycles. The second kappa shape index (κ2) is 4.52. The minimum atomic E-state index is -0.655. The second-order valence-electron chi connectivity index (χ2n) is 4.34. The molecule has 1 heterocycles. The molecule has 1 saturated heterocycles. The number of carbonyl (C=O) groups excluding carboxylic acids is 1. The molecule has 2 atom stereocenters. The van der Waals surface area contributed by atoms with E-state index in [9.17, 15) is 4.79 Å². The van der Waals surface area contributed by atoms with Crippen LogP contribution in [0.15, 0.2) is 0 Å². The molecule has 0 N–H and O–H groups in total. The van der Waals surface area contributed by atoms with Gasteiger partial charge in [0, 0.05) is 0 Å². The summed E-state index contributed by atoms with van der Waals surface area (Å²) >= 11 is 0. The van der Waals surface area contributed by atoms with E-state index in [1.165, 1.54) is 0 Å². The lowest BCUT2D eigenvalue weighted by Gasteiger charge is -2.13. The summed E-state index contributed by atoms with van der Waals surface area (Å²) in [5, 5.41) is 0. The van der Waals surface area contributed by atoms with Crippen LogP contribution in [0, 0.1) is 0 Å². The number of unbranched alkanes of at least 4 members (excludes halogenated alkanes) is 1. The molecule has 0 aromatic rings. The minimum absolute atomic E-state index is 0.189. The Morgan fingerprint density at radius 1 is 1.33 bits per heavy atom. The first-order valence-electron chi connectivity index (χ1n) is 5.93. The fraction of sp³-hybridized carbons (Fsp3) is 0.917. The maximum atomic E-state index is 11.8. The number of epoxide rings is 1. The SMILES string of the molecule is CCCCC1(C)OC1(CC)C(=O)OCC. The van der Waals surface area contributed by atoms with E-state index >= 15 is 0 Å². The minimum Gasteiger partial charge on any atom is -0.464 e. The first-order chi connectivity index (χ1) is 7.06. The Morgan fingerprint density at radius 2 is 2.00 bits per heavy atom. The van der Waals surface area contributed by atoms with Crippen LogP contribution in [0.25, 0.3) is 0 Å². The first-order valence-corrected chi connectivity index (χ1v) is 5.93. The summed E-state index contributed by atoms with van der Waals surface area (Å²) in [6.07, 6.45) is 3.86. The highest BCUT2D eigenvalue weighted by atomic mass is 16.7. The number of ether oxygens (including phenoxy) is 2. The molecule has 15 heavy (non-hydrogen) atoms. The van der Waals surface area contributed by atoms with Crippen molar-refractivity contribution in [3.05, 3.63) is 0 Å². The van der Waals surface area contributed by atoms with Crippen LogP contribution in [0.4, 0.5) is 0 Å². The van der Waals surface area contributed by atoms with Crippen LogP contribution in [0.2, 0.25) is 0 Å². The van der Waals surface area contributed by atoms with E-state index in [4.69, 9.17) is 9.47 Å². The predicted octanol–water partition coefficient (Wildman–Crippen LogP) is 2.68. The van der Waals surface area contributed by atoms with Crippen molar-refractivity contribution in [1.82, 2.24) is 0 Å². The van der Waals surface area contributed by atoms with E-state index in [-0.39, 0.29) is 11.6 Å². The monoisotopic (exact) mass is 214 g/mol. The quantitative estimate of drug-likeness (QED) is 0.504. The van der Waals surface area contributed by atoms with E-state index in [2.05, 4.69) is 6.92 Å². The fourth-order valence-corrected chi connectivity index (χ4v) is 2.22. The summed E-state index contributed by atoms with van der Waals surface area (Å²) in [7, 11) is 0. The molecule has 1 rings (SSSR count). The topological polar surface area (TPSA) is 38.8 Å². The lowest BCUT2D eigenvalue weighted by molar-refractivity contribution is -0.149. The summed E-state index contributed by atoms with van der Waals surface area (Å²) in [4.78, 5) is 11.8. The molecule has 0 aromatic heterocycles. The van der Waals surface area contributed by atoms with Crippen molar-refractivity contribution >= 4 is 5.97 Å². The molecule has 1 fully saturated rings. The van der Waals surface area contributed by atoms with Crippen LogP contribution in [-0.2, 0) is 14.3 Å². The van der Waals surface area contributed by atoms with Crippen molar-refractivity contribution in [1.29, 1.82) is 0 Å². The Balaban J connectivity index is 2.62. The fourth-order valence-electron chi connectivity index (χ4n) is 2.22. The second-order valence-corrected chi connectivity index (χ2v) is 4.34. The van der Waals surface area contributed by atoms with E-state index in [0.717, 1.165) is 19.3 Å². The molecule has 3 nitrogen and oxygen atoms in total. The summed E-state index contributed by atoms with van der Waals surface area (Å²) in [5.41, 5.74) is -0.942. The molecule has 0 aliphatic carbocycles. The van der Waals surface area contributed by atoms with Gasteiger partial charge in [0.25, 0.3) is 0 Å². The first kappa shape index (κ1) is 12.5. The van der Waals surface area contributed by atoms with Crippen LogP contribution in [0.5, 0.6) is 0 Å². The van der Waals surface area contributed by atoms with Crippen molar-refractivity contribution in [2.24, 2.45) is 0 Å². The van der Waals surface area contributed by atoms with Crippen molar-refractivity contribution in [3.63, 3.8) is 0 Å². The van der Waals surface area contributed by atoms with Crippen LogP contribution < -0.4 is 0 Å². The standard InChI is InChI=1S/C12H22O3/c1-5-8-9-11(4)12(6-2,15-11)10(13)14-7-3/h5-9H2,1-4H3. The third-order valence-corrected chi connectivity index (χ3v) is 3.32. The number of esters is 1. The van der Waals surface area contributed by atoms with Gasteiger partial charge in [-0.1, -0.05) is 26.7 Å². The molecule has 0 saturated carbocycles. The zero-order chi connectivity index (χ0) is 11.5. The molecular weight excluding hydrogens is 192 g/mol. The van der Waals surface area contributed by atoms with E-state index in [0.29, 0.717) is 13.0 Å². The Morgan fingerprint density at radius 3 is 2.47 bits per heavy atom. The van der Waals surface area contributed by atoms with Gasteiger partial charge in [-0.3, -0.25) is 0 Å². The summed E-state index contributed by atoms with van der Waals surface area (Å²) in [5.74, 6) is -0.189. The third kappa shape index (κ3) is 2.03. The van der Waals surface area contributed by atoms with Gasteiger partial charge >= 0.3 is 5.97 Å². The Hall–Kier alpha value is -0.570. The van der Waals surface area contributed by atoms with Gasteiger partial charge in [0.1, 0.15) is 5.60 Å². The molecule has 0 amide bonds. The van der Waals surface area contributed by atoms with Gasteiger partial charge in [-0.15, -0.1) is 0 Å². The normalized spacial score (nSPS) is 33.9. The van der Waals surface area contributed by atoms with Gasteiger partial charge in [0.15, 0.2) is 5.60 Å². The Labute approximate surface area is 92.1 Å². The van der Waals surface area contributed by atoms with E-state index < -0.39 is 5.60 Å². The molecule has 88 valence electrons. The van der Waals surface area contributed by atoms with Gasteiger partial charge in [-0.25, -0.2) is 4.79 Å². The number of carbonyl (C=O) groups is 1. The van der Waals surface area contributed by atoms with Gasteiger partial charge in [0.05, 0.1) is 6.61 Å². The summed E-state index contributed by atoms with van der Waals surface area (Å²) in [6.45, 7) is 8.39. The number of rotatable bonds is 6. The van der Waals surface area contributed by atoms with Gasteiger partial charge in [0.2, 0.25) is 0 Å². The van der Waals surface area contributed by atoms with Crippen molar-refractivity contribution in [2.45, 2.75) is 64.6 Å². The van der Waals surface area contributed by atoms with Crippen LogP contribution in [0.3, 0.4) is 0 Å². The van der Waals surface area contributed by atoms with E-state index in [1.54, 1.807) is 0 Å². The van der Waals surface area contributed by atoms with Gasteiger partial charge < -0.3 is 9.47 Å². The highest BCUT2D eigenvalue weighted by Crippen LogP contribution is 2.54. The van der Waals surface area contributed by atoms with Crippen molar-refractivity contribution in [2.75, 3.05) is 6.61 Å². The molecule has 0 spiro atoms. The van der Waals surface area contributed by atoms with Gasteiger partial charge in [-0.2, -0.15) is 0 Å². The van der Waals surface area contributed by atoms with Crippen molar-refractivity contribution < 1.29 is 14.3 Å². The average Bonchev–Trinajstić information content (AvgIpc) is 2.84. The van der Waals surface area contributed by atoms with E-state index in [1.807, 2.05) is 20.8 Å². The Bertz CT molecular complexity index is 239. The average molecular weight is 214 g/mol. The molecule has 2 unspecified atom stereocenters. The predicted molar refractivity (Wildman–Crippen MR) is 58.7 cm³/mol. The molecule has 1 aliphatic heterocycles. The highest BCUT2D eigenvalue weighted by Gasteiger charge is 2.71. The lowest BCUT2D eigenvalue weighted by Crippen LogP contribution is -2.33. The third-order valence-electron chi connectivity index (χ3n) is 3.32. The van der Waals surface area contributed by atoms with Crippen LogP contribution in [0.1, 0.15) is 53.4 Å². The maximum absolute atomic E-state index is 11.8. The zero-order valence-corrected chi connectivity index (χ0v) is 10.3. The number of hydrogen-bond donors (Lipinski definition) is 0. The Kier molecular flexibility index (Phi) is 3.77. The van der Waals surface area contributed by atoms with Gasteiger partial charge in [-0.05, 0) is 26.7 Å². The zero-order valence-electron chi connectivity index (χ0n) is 10.3. The van der Waals surface area contributed by atoms with Crippen molar-refractivity contribution in [3.8, 4) is 0 Å². The summed E-state index contributed by atoms with van der Waals surface area (Å²) in [6, 6.07) is 0. The number of hydrogen-bond acceptors (Lipinski definition) is 3.